The zero-order valence-corrected chi connectivity index (χ0v) is 16.4. The number of thiocarbonyl (C=S) groups is 1. The van der Waals surface area contributed by atoms with Crippen LogP contribution in [0.4, 0.5) is 0 Å². The fourth-order valence-electron chi connectivity index (χ4n) is 2.63. The Hall–Kier alpha value is -2.70. The maximum absolute atomic E-state index is 12.5. The van der Waals surface area contributed by atoms with Gasteiger partial charge < -0.3 is 4.74 Å². The summed E-state index contributed by atoms with van der Waals surface area (Å²) in [5, 5.41) is 0.785. The van der Waals surface area contributed by atoms with E-state index in [4.69, 9.17) is 28.6 Å². The number of likely N-dealkylation sites (N-methyl/N-ethyl adjacent to an activating group) is 2. The van der Waals surface area contributed by atoms with E-state index < -0.39 is 11.8 Å². The molecule has 0 radical (unpaired) electrons. The van der Waals surface area contributed by atoms with E-state index in [0.717, 1.165) is 5.56 Å². The van der Waals surface area contributed by atoms with Crippen molar-refractivity contribution in [2.24, 2.45) is 0 Å². The van der Waals surface area contributed by atoms with Crippen LogP contribution < -0.4 is 4.74 Å². The minimum Gasteiger partial charge on any atom is -0.488 e. The van der Waals surface area contributed by atoms with Crippen LogP contribution in [0.5, 0.6) is 5.75 Å². The summed E-state index contributed by atoms with van der Waals surface area (Å²) >= 11 is 11.3. The van der Waals surface area contributed by atoms with Crippen LogP contribution in [0.15, 0.2) is 54.1 Å². The second kappa shape index (κ2) is 7.90. The van der Waals surface area contributed by atoms with Gasteiger partial charge in [-0.25, -0.2) is 0 Å². The van der Waals surface area contributed by atoms with Gasteiger partial charge in [0.15, 0.2) is 5.11 Å². The highest BCUT2D eigenvalue weighted by Gasteiger charge is 2.35. The molecule has 138 valence electrons. The number of ether oxygens (including phenoxy) is 1. The lowest BCUT2D eigenvalue weighted by Gasteiger charge is -2.31. The highest BCUT2D eigenvalue weighted by atomic mass is 35.5. The van der Waals surface area contributed by atoms with Gasteiger partial charge in [0, 0.05) is 30.2 Å². The molecule has 2 aromatic rings. The monoisotopic (exact) mass is 400 g/mol. The summed E-state index contributed by atoms with van der Waals surface area (Å²) < 4.78 is 5.89. The van der Waals surface area contributed by atoms with Crippen molar-refractivity contribution in [1.82, 2.24) is 9.80 Å². The average molecular weight is 401 g/mol. The molecule has 0 N–H and O–H groups in total. The predicted molar refractivity (Wildman–Crippen MR) is 108 cm³/mol. The van der Waals surface area contributed by atoms with Crippen molar-refractivity contribution in [3.63, 3.8) is 0 Å². The SMILES string of the molecule is CN1C(=O)C(=Cc2ccccc2OCc2ccccc2Cl)C(=O)N(C)C1=S. The van der Waals surface area contributed by atoms with Crippen molar-refractivity contribution < 1.29 is 14.3 Å². The Morgan fingerprint density at radius 2 is 1.59 bits per heavy atom. The van der Waals surface area contributed by atoms with Crippen molar-refractivity contribution >= 4 is 46.8 Å². The fourth-order valence-corrected chi connectivity index (χ4v) is 2.99. The van der Waals surface area contributed by atoms with Crippen molar-refractivity contribution in [3.05, 3.63) is 70.3 Å². The molecule has 2 aromatic carbocycles. The lowest BCUT2D eigenvalue weighted by Crippen LogP contribution is -2.52. The summed E-state index contributed by atoms with van der Waals surface area (Å²) in [6.45, 7) is 0.269. The fraction of sp³-hybridized carbons (Fsp3) is 0.150. The van der Waals surface area contributed by atoms with E-state index in [1.807, 2.05) is 30.3 Å². The second-order valence-corrected chi connectivity index (χ2v) is 6.76. The Morgan fingerprint density at radius 1 is 1.00 bits per heavy atom. The number of para-hydroxylation sites is 1. The Labute approximate surface area is 167 Å². The Kier molecular flexibility index (Phi) is 5.58. The number of amides is 2. The third-order valence-corrected chi connectivity index (χ3v) is 5.12. The molecule has 27 heavy (non-hydrogen) atoms. The van der Waals surface area contributed by atoms with E-state index in [-0.39, 0.29) is 17.3 Å². The third kappa shape index (κ3) is 3.86. The molecular weight excluding hydrogens is 384 g/mol. The minimum absolute atomic E-state index is 0.0300. The molecule has 0 aromatic heterocycles. The van der Waals surface area contributed by atoms with Gasteiger partial charge in [-0.1, -0.05) is 48.0 Å². The minimum atomic E-state index is -0.441. The van der Waals surface area contributed by atoms with E-state index in [9.17, 15) is 9.59 Å². The second-order valence-electron chi connectivity index (χ2n) is 5.99. The first-order valence-corrected chi connectivity index (χ1v) is 8.95. The Balaban J connectivity index is 1.90. The molecule has 2 amide bonds. The number of benzene rings is 2. The smallest absolute Gasteiger partial charge is 0.265 e. The molecule has 5 nitrogen and oxygen atoms in total. The molecule has 3 rings (SSSR count). The van der Waals surface area contributed by atoms with Crippen LogP contribution in [0.2, 0.25) is 5.02 Å². The van der Waals surface area contributed by atoms with Crippen LogP contribution in [0.25, 0.3) is 6.08 Å². The molecule has 0 aliphatic carbocycles. The number of carbonyl (C=O) groups is 2. The van der Waals surface area contributed by atoms with Crippen molar-refractivity contribution in [2.45, 2.75) is 6.61 Å². The van der Waals surface area contributed by atoms with Crippen molar-refractivity contribution in [3.8, 4) is 5.75 Å². The molecule has 0 spiro atoms. The van der Waals surface area contributed by atoms with E-state index in [2.05, 4.69) is 0 Å². The highest BCUT2D eigenvalue weighted by molar-refractivity contribution is 7.80. The highest BCUT2D eigenvalue weighted by Crippen LogP contribution is 2.26. The first kappa shape index (κ1) is 19.1. The lowest BCUT2D eigenvalue weighted by atomic mass is 10.1. The first-order chi connectivity index (χ1) is 12.9. The molecule has 1 heterocycles. The molecule has 1 aliphatic heterocycles. The zero-order chi connectivity index (χ0) is 19.6. The van der Waals surface area contributed by atoms with Crippen LogP contribution in [0.1, 0.15) is 11.1 Å². The molecule has 0 unspecified atom stereocenters. The van der Waals surface area contributed by atoms with E-state index >= 15 is 0 Å². The summed E-state index contributed by atoms with van der Waals surface area (Å²) in [4.78, 5) is 27.5. The van der Waals surface area contributed by atoms with E-state index in [0.29, 0.717) is 16.3 Å². The van der Waals surface area contributed by atoms with Crippen LogP contribution in [-0.2, 0) is 16.2 Å². The molecule has 7 heteroatoms. The van der Waals surface area contributed by atoms with Gasteiger partial charge in [0.25, 0.3) is 11.8 Å². The van der Waals surface area contributed by atoms with Crippen molar-refractivity contribution in [2.75, 3.05) is 14.1 Å². The summed E-state index contributed by atoms with van der Waals surface area (Å²) in [6.07, 6.45) is 1.53. The molecule has 0 saturated carbocycles. The van der Waals surface area contributed by atoms with Gasteiger partial charge >= 0.3 is 0 Å². The van der Waals surface area contributed by atoms with Gasteiger partial charge in [0.05, 0.1) is 0 Å². The number of carbonyl (C=O) groups excluding carboxylic acids is 2. The van der Waals surface area contributed by atoms with E-state index in [1.165, 1.54) is 15.9 Å². The summed E-state index contributed by atoms with van der Waals surface area (Å²) in [5.41, 5.74) is 1.49. The van der Waals surface area contributed by atoms with Crippen LogP contribution >= 0.6 is 23.8 Å². The number of rotatable bonds is 4. The first-order valence-electron chi connectivity index (χ1n) is 8.17. The Morgan fingerprint density at radius 3 is 2.26 bits per heavy atom. The van der Waals surface area contributed by atoms with Gasteiger partial charge in [-0.15, -0.1) is 0 Å². The van der Waals surface area contributed by atoms with E-state index in [1.54, 1.807) is 32.3 Å². The molecule has 1 saturated heterocycles. The molecule has 1 aliphatic rings. The maximum atomic E-state index is 12.5. The van der Waals surface area contributed by atoms with Gasteiger partial charge in [-0.2, -0.15) is 0 Å². The van der Waals surface area contributed by atoms with Crippen LogP contribution in [-0.4, -0.2) is 40.8 Å². The molecule has 0 atom stereocenters. The molecule has 1 fully saturated rings. The normalized spacial score (nSPS) is 14.6. The van der Waals surface area contributed by atoms with Gasteiger partial charge in [0.2, 0.25) is 0 Å². The summed E-state index contributed by atoms with van der Waals surface area (Å²) in [6, 6.07) is 14.6. The zero-order valence-electron chi connectivity index (χ0n) is 14.8. The number of hydrogen-bond acceptors (Lipinski definition) is 4. The number of hydrogen-bond donors (Lipinski definition) is 0. The summed E-state index contributed by atoms with van der Waals surface area (Å²) in [7, 11) is 3.09. The van der Waals surface area contributed by atoms with Crippen molar-refractivity contribution in [1.29, 1.82) is 0 Å². The topological polar surface area (TPSA) is 49.9 Å². The van der Waals surface area contributed by atoms with Gasteiger partial charge in [-0.05, 0) is 30.4 Å². The maximum Gasteiger partial charge on any atom is 0.265 e. The quantitative estimate of drug-likeness (QED) is 0.447. The summed E-state index contributed by atoms with van der Waals surface area (Å²) in [5.74, 6) is -0.336. The lowest BCUT2D eigenvalue weighted by molar-refractivity contribution is -0.132. The largest absolute Gasteiger partial charge is 0.488 e. The predicted octanol–water partition coefficient (Wildman–Crippen LogP) is 3.52. The number of halogens is 1. The molecule has 0 bridgehead atoms. The third-order valence-electron chi connectivity index (χ3n) is 4.20. The van der Waals surface area contributed by atoms with Gasteiger partial charge in [-0.3, -0.25) is 19.4 Å². The molecular formula is C20H17ClN2O3S. The average Bonchev–Trinajstić information content (AvgIpc) is 2.68. The van der Waals surface area contributed by atoms with Crippen LogP contribution in [0.3, 0.4) is 0 Å². The van der Waals surface area contributed by atoms with Gasteiger partial charge in [0.1, 0.15) is 17.9 Å². The standard InChI is InChI=1S/C20H17ClN2O3S/c1-22-18(24)15(19(25)23(2)20(22)27)11-13-7-4-6-10-17(13)26-12-14-8-3-5-9-16(14)21/h3-11H,12H2,1-2H3. The van der Waals surface area contributed by atoms with Crippen LogP contribution in [0, 0.1) is 0 Å². The number of nitrogens with zero attached hydrogens (tertiary/aromatic N) is 2. The Bertz CT molecular complexity index is 932.